The number of benzene rings is 1. The van der Waals surface area contributed by atoms with Gasteiger partial charge in [-0.25, -0.2) is 0 Å². The van der Waals surface area contributed by atoms with Crippen LogP contribution < -0.4 is 10.6 Å². The van der Waals surface area contributed by atoms with Crippen LogP contribution in [0.3, 0.4) is 0 Å². The van der Waals surface area contributed by atoms with Gasteiger partial charge in [-0.3, -0.25) is 19.3 Å². The number of esters is 1. The number of ether oxygens (including phenoxy) is 1. The predicted octanol–water partition coefficient (Wildman–Crippen LogP) is 1.83. The van der Waals surface area contributed by atoms with Crippen molar-refractivity contribution < 1.29 is 19.1 Å². The van der Waals surface area contributed by atoms with Gasteiger partial charge in [0, 0.05) is 37.6 Å². The minimum absolute atomic E-state index is 0.151. The fourth-order valence-electron chi connectivity index (χ4n) is 2.99. The summed E-state index contributed by atoms with van der Waals surface area (Å²) in [5, 5.41) is 9.46. The van der Waals surface area contributed by atoms with E-state index in [9.17, 15) is 19.6 Å². The van der Waals surface area contributed by atoms with Crippen LogP contribution in [0.5, 0.6) is 0 Å². The molecule has 0 bridgehead atoms. The normalized spacial score (nSPS) is 14.9. The van der Waals surface area contributed by atoms with Gasteiger partial charge in [0.25, 0.3) is 5.91 Å². The second-order valence-corrected chi connectivity index (χ2v) is 6.45. The van der Waals surface area contributed by atoms with Crippen LogP contribution in [0, 0.1) is 17.2 Å². The molecule has 0 unspecified atom stereocenters. The lowest BCUT2D eigenvalue weighted by atomic mass is 9.96. The number of nitrogens with zero attached hydrogens (tertiary/aromatic N) is 3. The highest BCUT2D eigenvalue weighted by Gasteiger charge is 2.30. The second-order valence-electron chi connectivity index (χ2n) is 6.45. The quantitative estimate of drug-likeness (QED) is 0.358. The summed E-state index contributed by atoms with van der Waals surface area (Å²) >= 11 is 0. The Bertz CT molecular complexity index is 802. The molecule has 0 atom stereocenters. The summed E-state index contributed by atoms with van der Waals surface area (Å²) in [5.41, 5.74) is 6.55. The Morgan fingerprint density at radius 3 is 2.39 bits per heavy atom. The molecule has 1 aromatic rings. The Morgan fingerprint density at radius 2 is 1.89 bits per heavy atom. The van der Waals surface area contributed by atoms with E-state index in [1.807, 2.05) is 6.07 Å². The Balaban J connectivity index is 2.13. The number of nitriles is 1. The van der Waals surface area contributed by atoms with Crippen LogP contribution in [0.4, 0.5) is 11.4 Å². The Labute approximate surface area is 164 Å². The molecule has 1 aliphatic heterocycles. The third-order valence-electron chi connectivity index (χ3n) is 4.52. The van der Waals surface area contributed by atoms with Crippen LogP contribution in [-0.2, 0) is 19.1 Å². The topological polar surface area (TPSA) is 117 Å². The molecule has 1 heterocycles. The highest BCUT2D eigenvalue weighted by atomic mass is 16.5. The molecule has 0 aliphatic carbocycles. The lowest BCUT2D eigenvalue weighted by molar-refractivity contribution is -0.150. The van der Waals surface area contributed by atoms with E-state index < -0.39 is 5.91 Å². The number of amides is 2. The molecule has 0 radical (unpaired) electrons. The summed E-state index contributed by atoms with van der Waals surface area (Å²) in [7, 11) is 0. The molecule has 8 heteroatoms. The SMILES string of the molecule is CCOC(=O)C1CCN(C(=O)/C(C#N)=C\N(C(C)=O)c2ccc(N)cc2)CC1. The molecule has 0 aromatic heterocycles. The summed E-state index contributed by atoms with van der Waals surface area (Å²) in [6.07, 6.45) is 2.21. The van der Waals surface area contributed by atoms with Crippen LogP contribution in [0.25, 0.3) is 0 Å². The van der Waals surface area contributed by atoms with E-state index in [1.165, 1.54) is 22.9 Å². The average molecular weight is 384 g/mol. The molecule has 148 valence electrons. The van der Waals surface area contributed by atoms with E-state index in [2.05, 4.69) is 0 Å². The zero-order chi connectivity index (χ0) is 20.7. The van der Waals surface area contributed by atoms with Crippen LogP contribution in [0.1, 0.15) is 26.7 Å². The summed E-state index contributed by atoms with van der Waals surface area (Å²) in [4.78, 5) is 39.3. The number of carbonyl (C=O) groups excluding carboxylic acids is 3. The number of piperidine rings is 1. The Hall–Kier alpha value is -3.34. The lowest BCUT2D eigenvalue weighted by Crippen LogP contribution is -2.41. The van der Waals surface area contributed by atoms with Gasteiger partial charge in [-0.15, -0.1) is 0 Å². The highest BCUT2D eigenvalue weighted by molar-refractivity contribution is 6.01. The minimum atomic E-state index is -0.466. The molecule has 2 amide bonds. The second kappa shape index (κ2) is 9.55. The third kappa shape index (κ3) is 5.10. The Morgan fingerprint density at radius 1 is 1.29 bits per heavy atom. The minimum Gasteiger partial charge on any atom is -0.466 e. The van der Waals surface area contributed by atoms with E-state index in [1.54, 1.807) is 31.2 Å². The zero-order valence-electron chi connectivity index (χ0n) is 16.1. The molecule has 0 spiro atoms. The maximum absolute atomic E-state index is 12.7. The van der Waals surface area contributed by atoms with Crippen LogP contribution in [0.2, 0.25) is 0 Å². The van der Waals surface area contributed by atoms with Crippen molar-refractivity contribution in [1.29, 1.82) is 5.26 Å². The molecule has 1 aromatic carbocycles. The maximum Gasteiger partial charge on any atom is 0.309 e. The van der Waals surface area contributed by atoms with E-state index in [0.717, 1.165) is 0 Å². The predicted molar refractivity (Wildman–Crippen MR) is 104 cm³/mol. The Kier molecular flexibility index (Phi) is 7.15. The average Bonchev–Trinajstić information content (AvgIpc) is 2.69. The largest absolute Gasteiger partial charge is 0.466 e. The zero-order valence-corrected chi connectivity index (χ0v) is 16.1. The van der Waals surface area contributed by atoms with Gasteiger partial charge in [0.05, 0.1) is 12.5 Å². The summed E-state index contributed by atoms with van der Waals surface area (Å²) < 4.78 is 5.02. The fourth-order valence-corrected chi connectivity index (χ4v) is 2.99. The van der Waals surface area contributed by atoms with Gasteiger partial charge in [-0.05, 0) is 44.0 Å². The summed E-state index contributed by atoms with van der Waals surface area (Å²) in [6, 6.07) is 8.42. The van der Waals surface area contributed by atoms with Crippen molar-refractivity contribution >= 4 is 29.2 Å². The van der Waals surface area contributed by atoms with E-state index in [-0.39, 0.29) is 23.4 Å². The number of hydrogen-bond acceptors (Lipinski definition) is 6. The van der Waals surface area contributed by atoms with Gasteiger partial charge in [0.15, 0.2) is 0 Å². The molecule has 28 heavy (non-hydrogen) atoms. The number of nitrogen functional groups attached to an aromatic ring is 1. The fraction of sp³-hybridized carbons (Fsp3) is 0.400. The number of carbonyl (C=O) groups is 3. The van der Waals surface area contributed by atoms with Crippen molar-refractivity contribution in [3.05, 3.63) is 36.0 Å². The number of rotatable bonds is 5. The molecule has 2 rings (SSSR count). The van der Waals surface area contributed by atoms with E-state index in [0.29, 0.717) is 43.9 Å². The van der Waals surface area contributed by atoms with Gasteiger partial charge in [0.2, 0.25) is 5.91 Å². The van der Waals surface area contributed by atoms with E-state index in [4.69, 9.17) is 10.5 Å². The number of nitrogens with two attached hydrogens (primary N) is 1. The molecule has 1 aliphatic rings. The van der Waals surface area contributed by atoms with Crippen LogP contribution in [-0.4, -0.2) is 42.4 Å². The van der Waals surface area contributed by atoms with E-state index >= 15 is 0 Å². The van der Waals surface area contributed by atoms with Crippen molar-refractivity contribution in [3.63, 3.8) is 0 Å². The van der Waals surface area contributed by atoms with Crippen LogP contribution >= 0.6 is 0 Å². The standard InChI is InChI=1S/C20H24N4O4/c1-3-28-20(27)15-8-10-23(11-9-15)19(26)16(12-21)13-24(14(2)25)18-6-4-17(22)5-7-18/h4-7,13,15H,3,8-11,22H2,1-2H3/b16-13-. The van der Waals surface area contributed by atoms with Crippen molar-refractivity contribution in [3.8, 4) is 6.07 Å². The maximum atomic E-state index is 12.7. The molecule has 0 saturated carbocycles. The molecular formula is C20H24N4O4. The first-order valence-corrected chi connectivity index (χ1v) is 9.10. The van der Waals surface area contributed by atoms with Crippen molar-refractivity contribution in [2.45, 2.75) is 26.7 Å². The summed E-state index contributed by atoms with van der Waals surface area (Å²) in [5.74, 6) is -1.29. The molecule has 2 N–H and O–H groups in total. The van der Waals surface area contributed by atoms with Crippen molar-refractivity contribution in [2.24, 2.45) is 5.92 Å². The van der Waals surface area contributed by atoms with Crippen molar-refractivity contribution in [1.82, 2.24) is 4.90 Å². The van der Waals surface area contributed by atoms with Crippen molar-refractivity contribution in [2.75, 3.05) is 30.3 Å². The molecule has 1 saturated heterocycles. The van der Waals surface area contributed by atoms with Gasteiger partial charge in [0.1, 0.15) is 11.6 Å². The van der Waals surface area contributed by atoms with Gasteiger partial charge in [-0.2, -0.15) is 5.26 Å². The highest BCUT2D eigenvalue weighted by Crippen LogP contribution is 2.22. The molecular weight excluding hydrogens is 360 g/mol. The molecule has 8 nitrogen and oxygen atoms in total. The number of likely N-dealkylation sites (tertiary alicyclic amines) is 1. The smallest absolute Gasteiger partial charge is 0.309 e. The summed E-state index contributed by atoms with van der Waals surface area (Å²) in [6.45, 7) is 4.12. The first-order chi connectivity index (χ1) is 13.4. The number of hydrogen-bond donors (Lipinski definition) is 1. The lowest BCUT2D eigenvalue weighted by Gasteiger charge is -2.31. The van der Waals surface area contributed by atoms with Crippen LogP contribution in [0.15, 0.2) is 36.0 Å². The van der Waals surface area contributed by atoms with Gasteiger partial charge < -0.3 is 15.4 Å². The first kappa shape index (κ1) is 21.0. The van der Waals surface area contributed by atoms with Gasteiger partial charge >= 0.3 is 5.97 Å². The monoisotopic (exact) mass is 384 g/mol. The van der Waals surface area contributed by atoms with Gasteiger partial charge in [-0.1, -0.05) is 0 Å². The first-order valence-electron chi connectivity index (χ1n) is 9.10. The molecule has 1 fully saturated rings. The number of anilines is 2. The third-order valence-corrected chi connectivity index (χ3v) is 4.52.